The Bertz CT molecular complexity index is 286. The Balaban J connectivity index is 1.69. The van der Waals surface area contributed by atoms with Crippen LogP contribution in [-0.2, 0) is 9.59 Å². The summed E-state index contributed by atoms with van der Waals surface area (Å²) in [7, 11) is 0. The number of carbonyl (C=O) groups is 2. The van der Waals surface area contributed by atoms with Gasteiger partial charge in [-0.05, 0) is 38.0 Å². The summed E-state index contributed by atoms with van der Waals surface area (Å²) in [6.07, 6.45) is 6.35. The molecule has 4 nitrogen and oxygen atoms in total. The Morgan fingerprint density at radius 2 is 1.94 bits per heavy atom. The molecule has 2 fully saturated rings. The zero-order valence-corrected chi connectivity index (χ0v) is 9.45. The smallest absolute Gasteiger partial charge is 0.306 e. The highest BCUT2D eigenvalue weighted by Crippen LogP contribution is 2.30. The van der Waals surface area contributed by atoms with Crippen molar-refractivity contribution in [2.75, 3.05) is 0 Å². The number of rotatable bonds is 4. The summed E-state index contributed by atoms with van der Waals surface area (Å²) in [5.41, 5.74) is 0. The number of carboxylic acids is 1. The van der Waals surface area contributed by atoms with Gasteiger partial charge in [-0.25, -0.2) is 0 Å². The molecule has 0 aromatic carbocycles. The second-order valence-corrected chi connectivity index (χ2v) is 5.11. The Kier molecular flexibility index (Phi) is 3.46. The van der Waals surface area contributed by atoms with Gasteiger partial charge in [0.1, 0.15) is 0 Å². The van der Waals surface area contributed by atoms with E-state index in [9.17, 15) is 9.59 Å². The first-order valence-electron chi connectivity index (χ1n) is 6.17. The van der Waals surface area contributed by atoms with Crippen LogP contribution < -0.4 is 5.32 Å². The van der Waals surface area contributed by atoms with Crippen LogP contribution in [0.3, 0.4) is 0 Å². The summed E-state index contributed by atoms with van der Waals surface area (Å²) in [5, 5.41) is 11.8. The standard InChI is InChI=1S/C12H19NO3/c14-11(6-8-2-1-3-8)13-10-5-4-9(7-10)12(15)16/h8-10H,1-7H2,(H,13,14)(H,15,16)/t9-,10+/m1/s1. The average Bonchev–Trinajstić information content (AvgIpc) is 2.60. The number of carboxylic acid groups (broad SMARTS) is 1. The van der Waals surface area contributed by atoms with Gasteiger partial charge in [0, 0.05) is 12.5 Å². The Morgan fingerprint density at radius 3 is 2.44 bits per heavy atom. The lowest BCUT2D eigenvalue weighted by Gasteiger charge is -2.25. The fourth-order valence-electron chi connectivity index (χ4n) is 2.58. The summed E-state index contributed by atoms with van der Waals surface area (Å²) in [6, 6.07) is 0.0914. The molecule has 0 aromatic heterocycles. The molecule has 2 saturated carbocycles. The molecule has 0 aliphatic heterocycles. The largest absolute Gasteiger partial charge is 0.481 e. The van der Waals surface area contributed by atoms with Crippen LogP contribution in [0.15, 0.2) is 0 Å². The third-order valence-electron chi connectivity index (χ3n) is 3.85. The van der Waals surface area contributed by atoms with Gasteiger partial charge in [0.05, 0.1) is 5.92 Å². The molecule has 16 heavy (non-hydrogen) atoms. The molecule has 2 N–H and O–H groups in total. The number of carbonyl (C=O) groups excluding carboxylic acids is 1. The summed E-state index contributed by atoms with van der Waals surface area (Å²) in [4.78, 5) is 22.4. The van der Waals surface area contributed by atoms with E-state index in [0.29, 0.717) is 25.2 Å². The highest BCUT2D eigenvalue weighted by atomic mass is 16.4. The van der Waals surface area contributed by atoms with E-state index in [4.69, 9.17) is 5.11 Å². The van der Waals surface area contributed by atoms with E-state index in [1.807, 2.05) is 0 Å². The van der Waals surface area contributed by atoms with Crippen LogP contribution in [0.5, 0.6) is 0 Å². The molecule has 90 valence electrons. The zero-order valence-electron chi connectivity index (χ0n) is 9.45. The van der Waals surface area contributed by atoms with Crippen molar-refractivity contribution >= 4 is 11.9 Å². The van der Waals surface area contributed by atoms with Crippen molar-refractivity contribution in [1.82, 2.24) is 5.32 Å². The van der Waals surface area contributed by atoms with Crippen molar-refractivity contribution in [3.8, 4) is 0 Å². The van der Waals surface area contributed by atoms with Crippen molar-refractivity contribution < 1.29 is 14.7 Å². The summed E-state index contributed by atoms with van der Waals surface area (Å²) < 4.78 is 0. The molecule has 0 saturated heterocycles. The van der Waals surface area contributed by atoms with E-state index in [1.54, 1.807) is 0 Å². The van der Waals surface area contributed by atoms with Crippen LogP contribution in [-0.4, -0.2) is 23.0 Å². The average molecular weight is 225 g/mol. The zero-order chi connectivity index (χ0) is 11.5. The highest BCUT2D eigenvalue weighted by Gasteiger charge is 2.31. The first-order valence-corrected chi connectivity index (χ1v) is 6.17. The van der Waals surface area contributed by atoms with Gasteiger partial charge in [0.15, 0.2) is 0 Å². The minimum absolute atomic E-state index is 0.0914. The fourth-order valence-corrected chi connectivity index (χ4v) is 2.58. The van der Waals surface area contributed by atoms with Crippen LogP contribution in [0.25, 0.3) is 0 Å². The predicted molar refractivity (Wildman–Crippen MR) is 58.9 cm³/mol. The molecule has 0 bridgehead atoms. The molecule has 0 spiro atoms. The molecule has 2 aliphatic rings. The van der Waals surface area contributed by atoms with Crippen molar-refractivity contribution in [3.63, 3.8) is 0 Å². The second-order valence-electron chi connectivity index (χ2n) is 5.11. The summed E-state index contributed by atoms with van der Waals surface area (Å²) in [5.74, 6) is -0.290. The van der Waals surface area contributed by atoms with E-state index >= 15 is 0 Å². The number of nitrogens with one attached hydrogen (secondary N) is 1. The molecule has 0 heterocycles. The lowest BCUT2D eigenvalue weighted by molar-refractivity contribution is -0.141. The minimum Gasteiger partial charge on any atom is -0.481 e. The molecular weight excluding hydrogens is 206 g/mol. The molecule has 2 atom stereocenters. The molecule has 0 unspecified atom stereocenters. The van der Waals surface area contributed by atoms with Gasteiger partial charge in [-0.15, -0.1) is 0 Å². The fraction of sp³-hybridized carbons (Fsp3) is 0.833. The third kappa shape index (κ3) is 2.74. The van der Waals surface area contributed by atoms with Crippen LogP contribution in [0, 0.1) is 11.8 Å². The molecular formula is C12H19NO3. The van der Waals surface area contributed by atoms with Gasteiger partial charge in [-0.1, -0.05) is 6.42 Å². The lowest BCUT2D eigenvalue weighted by Crippen LogP contribution is -2.35. The van der Waals surface area contributed by atoms with Gasteiger partial charge in [0.2, 0.25) is 5.91 Å². The highest BCUT2D eigenvalue weighted by molar-refractivity contribution is 5.77. The van der Waals surface area contributed by atoms with Gasteiger partial charge in [0.25, 0.3) is 0 Å². The number of hydrogen-bond acceptors (Lipinski definition) is 2. The molecule has 2 aliphatic carbocycles. The van der Waals surface area contributed by atoms with Gasteiger partial charge in [-0.3, -0.25) is 9.59 Å². The summed E-state index contributed by atoms with van der Waals surface area (Å²) >= 11 is 0. The van der Waals surface area contributed by atoms with Crippen LogP contribution >= 0.6 is 0 Å². The second kappa shape index (κ2) is 4.85. The van der Waals surface area contributed by atoms with E-state index in [-0.39, 0.29) is 17.9 Å². The first-order chi connectivity index (χ1) is 7.65. The Morgan fingerprint density at radius 1 is 1.19 bits per heavy atom. The van der Waals surface area contributed by atoms with Crippen molar-refractivity contribution in [2.24, 2.45) is 11.8 Å². The lowest BCUT2D eigenvalue weighted by atomic mass is 9.83. The van der Waals surface area contributed by atoms with Crippen molar-refractivity contribution in [2.45, 2.75) is 51.0 Å². The molecule has 1 amide bonds. The van der Waals surface area contributed by atoms with Crippen molar-refractivity contribution in [3.05, 3.63) is 0 Å². The van der Waals surface area contributed by atoms with Gasteiger partial charge < -0.3 is 10.4 Å². The topological polar surface area (TPSA) is 66.4 Å². The van der Waals surface area contributed by atoms with Crippen LogP contribution in [0.2, 0.25) is 0 Å². The van der Waals surface area contributed by atoms with Crippen LogP contribution in [0.1, 0.15) is 44.9 Å². The maximum absolute atomic E-state index is 11.6. The molecule has 4 heteroatoms. The Labute approximate surface area is 95.4 Å². The number of amides is 1. The Hall–Kier alpha value is -1.06. The van der Waals surface area contributed by atoms with E-state index in [1.165, 1.54) is 19.3 Å². The molecule has 0 aromatic rings. The monoisotopic (exact) mass is 225 g/mol. The number of aliphatic carboxylic acids is 1. The van der Waals surface area contributed by atoms with Gasteiger partial charge >= 0.3 is 5.97 Å². The minimum atomic E-state index is -0.726. The van der Waals surface area contributed by atoms with E-state index < -0.39 is 5.97 Å². The normalized spacial score (nSPS) is 29.8. The molecule has 0 radical (unpaired) electrons. The summed E-state index contributed by atoms with van der Waals surface area (Å²) in [6.45, 7) is 0. The van der Waals surface area contributed by atoms with Gasteiger partial charge in [-0.2, -0.15) is 0 Å². The van der Waals surface area contributed by atoms with E-state index in [2.05, 4.69) is 5.32 Å². The predicted octanol–water partition coefficient (Wildman–Crippen LogP) is 1.55. The number of hydrogen-bond donors (Lipinski definition) is 2. The maximum Gasteiger partial charge on any atom is 0.306 e. The SMILES string of the molecule is O=C(CC1CCC1)N[C@H]1CC[C@@H](C(=O)O)C1. The quantitative estimate of drug-likeness (QED) is 0.762. The maximum atomic E-state index is 11.6. The third-order valence-corrected chi connectivity index (χ3v) is 3.85. The van der Waals surface area contributed by atoms with Crippen LogP contribution in [0.4, 0.5) is 0 Å². The van der Waals surface area contributed by atoms with E-state index in [0.717, 1.165) is 6.42 Å². The molecule has 2 rings (SSSR count). The first kappa shape index (κ1) is 11.4. The van der Waals surface area contributed by atoms with Crippen molar-refractivity contribution in [1.29, 1.82) is 0 Å².